The Labute approximate surface area is 89.4 Å². The monoisotopic (exact) mass is 218 g/mol. The van der Waals surface area contributed by atoms with Gasteiger partial charge in [0.1, 0.15) is 5.04 Å². The largest absolute Gasteiger partial charge is 0.261 e. The summed E-state index contributed by atoms with van der Waals surface area (Å²) in [5.41, 5.74) is 3.00. The van der Waals surface area contributed by atoms with Crippen LogP contribution in [0.5, 0.6) is 0 Å². The fourth-order valence-corrected chi connectivity index (χ4v) is 1.56. The van der Waals surface area contributed by atoms with Gasteiger partial charge in [0, 0.05) is 19.2 Å². The van der Waals surface area contributed by atoms with E-state index in [-0.39, 0.29) is 0 Å². The van der Waals surface area contributed by atoms with Gasteiger partial charge in [0.15, 0.2) is 0 Å². The predicted molar refractivity (Wildman–Crippen MR) is 61.4 cm³/mol. The lowest BCUT2D eigenvalue weighted by Crippen LogP contribution is -2.48. The molecule has 0 spiro atoms. The van der Waals surface area contributed by atoms with E-state index in [0.29, 0.717) is 5.04 Å². The Morgan fingerprint density at radius 2 is 2.08 bits per heavy atom. The van der Waals surface area contributed by atoms with Crippen LogP contribution in [0, 0.1) is 0 Å². The predicted octanol–water partition coefficient (Wildman–Crippen LogP) is 1.08. The van der Waals surface area contributed by atoms with Crippen LogP contribution in [0.1, 0.15) is 13.8 Å². The quantitative estimate of drug-likeness (QED) is 0.620. The Morgan fingerprint density at radius 1 is 1.46 bits per heavy atom. The molecule has 1 aliphatic heterocycles. The van der Waals surface area contributed by atoms with Gasteiger partial charge in [0.05, 0.1) is 5.03 Å². The third-order valence-electron chi connectivity index (χ3n) is 1.68. The van der Waals surface area contributed by atoms with E-state index < -0.39 is 0 Å². The van der Waals surface area contributed by atoms with Crippen molar-refractivity contribution < 1.29 is 0 Å². The Kier molecular flexibility index (Phi) is 3.95. The summed E-state index contributed by atoms with van der Waals surface area (Å²) in [7, 11) is 0. The molecule has 1 aliphatic rings. The molecule has 1 rings (SSSR count). The first kappa shape index (κ1) is 10.7. The van der Waals surface area contributed by atoms with Gasteiger partial charge in [-0.25, -0.2) is 0 Å². The maximum atomic E-state index is 4.20. The van der Waals surface area contributed by atoms with Gasteiger partial charge < -0.3 is 0 Å². The lowest BCUT2D eigenvalue weighted by Gasteiger charge is -2.32. The molecule has 0 bridgehead atoms. The molecule has 4 nitrogen and oxygen atoms in total. The number of hydrazone groups is 1. The van der Waals surface area contributed by atoms with Crippen molar-refractivity contribution in [2.75, 3.05) is 13.1 Å². The standard InChI is InChI=1S/C7H14N4S2/c1-3-10(4-2)11-8-6(12)5-7(13)9-11/h5,8,12H,3-4H2,1-2H3,(H,9,13). The third-order valence-corrected chi connectivity index (χ3v) is 2.12. The molecule has 13 heavy (non-hydrogen) atoms. The van der Waals surface area contributed by atoms with Crippen molar-refractivity contribution in [1.29, 1.82) is 0 Å². The first-order valence-electron chi connectivity index (χ1n) is 4.17. The molecule has 6 heteroatoms. The number of thiol groups is 2. The Bertz CT molecular complexity index is 235. The fraction of sp³-hybridized carbons (Fsp3) is 0.571. The molecule has 0 fully saturated rings. The second-order valence-corrected chi connectivity index (χ2v) is 3.47. The molecule has 0 saturated heterocycles. The van der Waals surface area contributed by atoms with Gasteiger partial charge in [-0.1, -0.05) is 13.8 Å². The van der Waals surface area contributed by atoms with Crippen LogP contribution in [0.25, 0.3) is 0 Å². The maximum Gasteiger partial charge on any atom is 0.119 e. The maximum absolute atomic E-state index is 4.20. The van der Waals surface area contributed by atoms with Crippen LogP contribution < -0.4 is 5.43 Å². The van der Waals surface area contributed by atoms with Crippen LogP contribution >= 0.6 is 25.3 Å². The third kappa shape index (κ3) is 2.82. The van der Waals surface area contributed by atoms with Gasteiger partial charge in [-0.3, -0.25) is 5.43 Å². The summed E-state index contributed by atoms with van der Waals surface area (Å²) < 4.78 is 0. The van der Waals surface area contributed by atoms with Crippen molar-refractivity contribution in [3.63, 3.8) is 0 Å². The second kappa shape index (κ2) is 4.78. The normalized spacial score (nSPS) is 16.8. The average molecular weight is 218 g/mol. The number of nitrogens with one attached hydrogen (secondary N) is 1. The van der Waals surface area contributed by atoms with E-state index >= 15 is 0 Å². The molecule has 0 aromatic heterocycles. The van der Waals surface area contributed by atoms with E-state index in [4.69, 9.17) is 0 Å². The minimum absolute atomic E-state index is 0.649. The molecule has 0 atom stereocenters. The van der Waals surface area contributed by atoms with Crippen LogP contribution in [0.2, 0.25) is 0 Å². The van der Waals surface area contributed by atoms with Gasteiger partial charge in [0.25, 0.3) is 0 Å². The van der Waals surface area contributed by atoms with Gasteiger partial charge in [0.2, 0.25) is 0 Å². The Morgan fingerprint density at radius 3 is 2.54 bits per heavy atom. The van der Waals surface area contributed by atoms with Crippen LogP contribution in [-0.2, 0) is 0 Å². The summed E-state index contributed by atoms with van der Waals surface area (Å²) in [6.45, 7) is 5.90. The molecule has 1 heterocycles. The van der Waals surface area contributed by atoms with Crippen molar-refractivity contribution >= 4 is 30.3 Å². The molecule has 1 N–H and O–H groups in total. The lowest BCUT2D eigenvalue weighted by atomic mass is 10.6. The SMILES string of the molecule is CCN(CC)N1N=C(S)C=C(S)N1. The smallest absolute Gasteiger partial charge is 0.119 e. The number of hydrogen-bond donors (Lipinski definition) is 3. The van der Waals surface area contributed by atoms with Crippen molar-refractivity contribution in [3.05, 3.63) is 11.1 Å². The minimum atomic E-state index is 0.649. The molecule has 0 unspecified atom stereocenters. The second-order valence-electron chi connectivity index (χ2n) is 2.53. The van der Waals surface area contributed by atoms with E-state index in [9.17, 15) is 0 Å². The van der Waals surface area contributed by atoms with Crippen LogP contribution in [0.15, 0.2) is 16.2 Å². The van der Waals surface area contributed by atoms with Crippen LogP contribution in [-0.4, -0.2) is 28.4 Å². The molecular formula is C7H14N4S2. The van der Waals surface area contributed by atoms with E-state index in [1.54, 1.807) is 11.3 Å². The highest BCUT2D eigenvalue weighted by Crippen LogP contribution is 2.09. The van der Waals surface area contributed by atoms with Crippen molar-refractivity contribution in [2.24, 2.45) is 5.10 Å². The summed E-state index contributed by atoms with van der Waals surface area (Å²) in [4.78, 5) is 0. The highest BCUT2D eigenvalue weighted by molar-refractivity contribution is 7.97. The van der Waals surface area contributed by atoms with E-state index in [0.717, 1.165) is 18.1 Å². The van der Waals surface area contributed by atoms with Crippen LogP contribution in [0.4, 0.5) is 0 Å². The zero-order valence-corrected chi connectivity index (χ0v) is 9.52. The molecule has 0 saturated carbocycles. The minimum Gasteiger partial charge on any atom is -0.261 e. The van der Waals surface area contributed by atoms with E-state index in [1.165, 1.54) is 0 Å². The highest BCUT2D eigenvalue weighted by Gasteiger charge is 2.13. The van der Waals surface area contributed by atoms with Gasteiger partial charge in [-0.15, -0.1) is 35.6 Å². The van der Waals surface area contributed by atoms with Gasteiger partial charge in [-0.2, -0.15) is 5.01 Å². The molecule has 0 aromatic rings. The number of hydrogen-bond acceptors (Lipinski definition) is 5. The molecule has 0 amide bonds. The molecular weight excluding hydrogens is 204 g/mol. The van der Waals surface area contributed by atoms with E-state index in [2.05, 4.69) is 49.6 Å². The van der Waals surface area contributed by atoms with Gasteiger partial charge in [-0.05, 0) is 0 Å². The summed E-state index contributed by atoms with van der Waals surface area (Å²) in [6, 6.07) is 0. The molecule has 0 radical (unpaired) electrons. The first-order valence-corrected chi connectivity index (χ1v) is 5.06. The summed E-state index contributed by atoms with van der Waals surface area (Å²) in [5.74, 6) is 0. The first-order chi connectivity index (χ1) is 6.17. The van der Waals surface area contributed by atoms with Crippen molar-refractivity contribution in [2.45, 2.75) is 13.8 Å². The number of hydrazine groups is 2. The zero-order chi connectivity index (χ0) is 9.84. The highest BCUT2D eigenvalue weighted by atomic mass is 32.1. The average Bonchev–Trinajstić information content (AvgIpc) is 2.04. The van der Waals surface area contributed by atoms with Crippen molar-refractivity contribution in [1.82, 2.24) is 15.7 Å². The van der Waals surface area contributed by atoms with E-state index in [1.807, 2.05) is 5.01 Å². The van der Waals surface area contributed by atoms with Crippen molar-refractivity contribution in [3.8, 4) is 0 Å². The Hall–Kier alpha value is -0.330. The fourth-order valence-electron chi connectivity index (χ4n) is 1.03. The van der Waals surface area contributed by atoms with Gasteiger partial charge >= 0.3 is 0 Å². The number of rotatable bonds is 3. The summed E-state index contributed by atoms with van der Waals surface area (Å²) in [5, 5.41) is 9.25. The summed E-state index contributed by atoms with van der Waals surface area (Å²) >= 11 is 8.37. The summed E-state index contributed by atoms with van der Waals surface area (Å²) in [6.07, 6.45) is 1.76. The molecule has 0 aliphatic carbocycles. The zero-order valence-electron chi connectivity index (χ0n) is 7.73. The number of nitrogens with zero attached hydrogens (tertiary/aromatic N) is 3. The topological polar surface area (TPSA) is 30.9 Å². The Balaban J connectivity index is 2.68. The molecule has 0 aromatic carbocycles. The van der Waals surface area contributed by atoms with Crippen LogP contribution in [0.3, 0.4) is 0 Å². The molecule has 74 valence electrons. The lowest BCUT2D eigenvalue weighted by molar-refractivity contribution is -0.0496.